The maximum atomic E-state index is 13.5. The zero-order chi connectivity index (χ0) is 17.1. The fraction of sp³-hybridized carbons (Fsp3) is 0.263. The number of nitriles is 1. The fourth-order valence-electron chi connectivity index (χ4n) is 3.14. The molecule has 5 heteroatoms. The van der Waals surface area contributed by atoms with Gasteiger partial charge in [-0.25, -0.2) is 4.39 Å². The van der Waals surface area contributed by atoms with Crippen molar-refractivity contribution >= 4 is 5.91 Å². The Kier molecular flexibility index (Phi) is 4.59. The second kappa shape index (κ2) is 6.81. The minimum Gasteiger partial charge on any atom is -0.391 e. The van der Waals surface area contributed by atoms with Crippen LogP contribution in [-0.2, 0) is 6.42 Å². The zero-order valence-electron chi connectivity index (χ0n) is 13.0. The topological polar surface area (TPSA) is 64.3 Å². The van der Waals surface area contributed by atoms with Gasteiger partial charge in [-0.05, 0) is 41.8 Å². The minimum atomic E-state index is -0.635. The van der Waals surface area contributed by atoms with E-state index in [-0.39, 0.29) is 30.7 Å². The second-order valence-electron chi connectivity index (χ2n) is 5.95. The number of β-amino-alcohol motifs (C(OH)–C–C–N with tert-alkyl or cyclic N) is 1. The number of carbonyl (C=O) groups is 1. The van der Waals surface area contributed by atoms with Crippen LogP contribution in [0.15, 0.2) is 48.5 Å². The molecule has 1 heterocycles. The Bertz CT molecular complexity index is 800. The van der Waals surface area contributed by atoms with Crippen molar-refractivity contribution < 1.29 is 14.3 Å². The second-order valence-corrected chi connectivity index (χ2v) is 5.95. The van der Waals surface area contributed by atoms with E-state index in [9.17, 15) is 14.3 Å². The highest BCUT2D eigenvalue weighted by Gasteiger charge is 2.35. The molecule has 0 radical (unpaired) electrons. The van der Waals surface area contributed by atoms with Crippen LogP contribution in [0.1, 0.15) is 33.9 Å². The maximum Gasteiger partial charge on any atom is 0.254 e. The first kappa shape index (κ1) is 16.2. The molecule has 2 atom stereocenters. The van der Waals surface area contributed by atoms with Gasteiger partial charge in [0.15, 0.2) is 0 Å². The summed E-state index contributed by atoms with van der Waals surface area (Å²) in [5, 5.41) is 18.8. The molecule has 4 nitrogen and oxygen atoms in total. The van der Waals surface area contributed by atoms with Crippen LogP contribution in [0.2, 0.25) is 0 Å². The van der Waals surface area contributed by atoms with E-state index < -0.39 is 6.10 Å². The van der Waals surface area contributed by atoms with Gasteiger partial charge in [-0.1, -0.05) is 24.3 Å². The van der Waals surface area contributed by atoms with E-state index in [2.05, 4.69) is 6.07 Å². The summed E-state index contributed by atoms with van der Waals surface area (Å²) in [6, 6.07) is 14.7. The zero-order valence-corrected chi connectivity index (χ0v) is 13.0. The molecule has 1 N–H and O–H groups in total. The molecule has 1 amide bonds. The van der Waals surface area contributed by atoms with E-state index in [4.69, 9.17) is 5.26 Å². The van der Waals surface area contributed by atoms with Crippen molar-refractivity contribution in [1.82, 2.24) is 4.90 Å². The predicted octanol–water partition coefficient (Wildman–Crippen LogP) is 2.84. The first-order valence-corrected chi connectivity index (χ1v) is 7.79. The Hall–Kier alpha value is -2.71. The van der Waals surface area contributed by atoms with Crippen LogP contribution in [0.3, 0.4) is 0 Å². The summed E-state index contributed by atoms with van der Waals surface area (Å²) in [6.07, 6.45) is -0.0195. The van der Waals surface area contributed by atoms with Crippen LogP contribution in [0, 0.1) is 17.1 Å². The van der Waals surface area contributed by atoms with E-state index in [0.29, 0.717) is 17.5 Å². The van der Waals surface area contributed by atoms with Gasteiger partial charge < -0.3 is 10.0 Å². The predicted molar refractivity (Wildman–Crippen MR) is 86.6 cm³/mol. The van der Waals surface area contributed by atoms with Crippen molar-refractivity contribution in [1.29, 1.82) is 5.26 Å². The van der Waals surface area contributed by atoms with Crippen molar-refractivity contribution in [2.24, 2.45) is 0 Å². The lowest BCUT2D eigenvalue weighted by Crippen LogP contribution is -2.31. The molecule has 24 heavy (non-hydrogen) atoms. The van der Waals surface area contributed by atoms with Crippen molar-refractivity contribution in [3.05, 3.63) is 71.0 Å². The number of carbonyl (C=O) groups excluding carboxylic acids is 1. The molecule has 0 aromatic heterocycles. The molecular weight excluding hydrogens is 307 g/mol. The summed E-state index contributed by atoms with van der Waals surface area (Å²) >= 11 is 0. The number of aliphatic hydroxyl groups excluding tert-OH is 1. The van der Waals surface area contributed by atoms with E-state index >= 15 is 0 Å². The van der Waals surface area contributed by atoms with Gasteiger partial charge in [0.1, 0.15) is 5.82 Å². The molecule has 0 bridgehead atoms. The third kappa shape index (κ3) is 3.29. The molecule has 0 unspecified atom stereocenters. The number of aliphatic hydroxyl groups is 1. The summed E-state index contributed by atoms with van der Waals surface area (Å²) in [4.78, 5) is 14.4. The van der Waals surface area contributed by atoms with Gasteiger partial charge in [0.05, 0.1) is 24.6 Å². The normalized spacial score (nSPS) is 20.0. The lowest BCUT2D eigenvalue weighted by Gasteiger charge is -2.25. The van der Waals surface area contributed by atoms with Crippen LogP contribution in [-0.4, -0.2) is 28.6 Å². The lowest BCUT2D eigenvalue weighted by molar-refractivity contribution is 0.0715. The molecule has 1 saturated heterocycles. The van der Waals surface area contributed by atoms with Gasteiger partial charge in [-0.2, -0.15) is 5.26 Å². The summed E-state index contributed by atoms with van der Waals surface area (Å²) in [6.45, 7) is 0.211. The fourth-order valence-corrected chi connectivity index (χ4v) is 3.14. The van der Waals surface area contributed by atoms with Gasteiger partial charge >= 0.3 is 0 Å². The standard InChI is InChI=1S/C19H17FN2O2/c20-16-6-2-4-14(10-16)18-11-17(23)12-22(18)19(24)15-5-1-3-13(9-15)7-8-21/h1-6,9-10,17-18,23H,7,11-12H2/t17-,18-/m1/s1. The lowest BCUT2D eigenvalue weighted by atomic mass is 10.0. The summed E-state index contributed by atoms with van der Waals surface area (Å²) in [7, 11) is 0. The first-order chi connectivity index (χ1) is 11.6. The monoisotopic (exact) mass is 324 g/mol. The largest absolute Gasteiger partial charge is 0.391 e. The molecule has 122 valence electrons. The van der Waals surface area contributed by atoms with E-state index in [1.807, 2.05) is 0 Å². The number of halogens is 1. The average molecular weight is 324 g/mol. The van der Waals surface area contributed by atoms with Crippen LogP contribution in [0.25, 0.3) is 0 Å². The number of nitrogens with zero attached hydrogens (tertiary/aromatic N) is 2. The number of hydrogen-bond donors (Lipinski definition) is 1. The highest BCUT2D eigenvalue weighted by molar-refractivity contribution is 5.95. The SMILES string of the molecule is N#CCc1cccc(C(=O)N2C[C@H](O)C[C@@H]2c2cccc(F)c2)c1. The Morgan fingerprint density at radius 1 is 1.29 bits per heavy atom. The summed E-state index contributed by atoms with van der Waals surface area (Å²) in [5.41, 5.74) is 1.91. The van der Waals surface area contributed by atoms with Crippen LogP contribution in [0.5, 0.6) is 0 Å². The number of likely N-dealkylation sites (tertiary alicyclic amines) is 1. The summed E-state index contributed by atoms with van der Waals surface area (Å²) in [5.74, 6) is -0.585. The molecule has 0 spiro atoms. The molecular formula is C19H17FN2O2. The van der Waals surface area contributed by atoms with Gasteiger partial charge in [-0.3, -0.25) is 4.79 Å². The highest BCUT2D eigenvalue weighted by atomic mass is 19.1. The molecule has 0 saturated carbocycles. The van der Waals surface area contributed by atoms with Crippen molar-refractivity contribution in [2.75, 3.05) is 6.54 Å². The van der Waals surface area contributed by atoms with Gasteiger partial charge in [0.25, 0.3) is 5.91 Å². The Balaban J connectivity index is 1.90. The quantitative estimate of drug-likeness (QED) is 0.944. The molecule has 2 aromatic carbocycles. The first-order valence-electron chi connectivity index (χ1n) is 7.79. The van der Waals surface area contributed by atoms with E-state index in [1.165, 1.54) is 12.1 Å². The molecule has 2 aromatic rings. The third-order valence-corrected chi connectivity index (χ3v) is 4.23. The number of hydrogen-bond acceptors (Lipinski definition) is 3. The average Bonchev–Trinajstić information content (AvgIpc) is 2.97. The molecule has 0 aliphatic carbocycles. The highest BCUT2D eigenvalue weighted by Crippen LogP contribution is 2.33. The van der Waals surface area contributed by atoms with Crippen molar-refractivity contribution in [3.8, 4) is 6.07 Å². The summed E-state index contributed by atoms with van der Waals surface area (Å²) < 4.78 is 13.5. The molecule has 1 aliphatic rings. The smallest absolute Gasteiger partial charge is 0.254 e. The van der Waals surface area contributed by atoms with Gasteiger partial charge in [0.2, 0.25) is 0 Å². The Labute approximate surface area is 139 Å². The van der Waals surface area contributed by atoms with Gasteiger partial charge in [0, 0.05) is 12.1 Å². The van der Waals surface area contributed by atoms with Gasteiger partial charge in [-0.15, -0.1) is 0 Å². The minimum absolute atomic E-state index is 0.211. The van der Waals surface area contributed by atoms with Crippen molar-refractivity contribution in [2.45, 2.75) is 25.0 Å². The Morgan fingerprint density at radius 2 is 2.08 bits per heavy atom. The van der Waals surface area contributed by atoms with Crippen LogP contribution in [0.4, 0.5) is 4.39 Å². The molecule has 1 fully saturated rings. The molecule has 3 rings (SSSR count). The third-order valence-electron chi connectivity index (χ3n) is 4.23. The van der Waals surface area contributed by atoms with E-state index in [0.717, 1.165) is 5.56 Å². The number of benzene rings is 2. The van der Waals surface area contributed by atoms with Crippen LogP contribution < -0.4 is 0 Å². The Morgan fingerprint density at radius 3 is 2.83 bits per heavy atom. The molecule has 1 aliphatic heterocycles. The number of amides is 1. The van der Waals surface area contributed by atoms with Crippen LogP contribution >= 0.6 is 0 Å². The number of rotatable bonds is 3. The van der Waals surface area contributed by atoms with Crippen molar-refractivity contribution in [3.63, 3.8) is 0 Å². The van der Waals surface area contributed by atoms with E-state index in [1.54, 1.807) is 41.3 Å². The maximum absolute atomic E-state index is 13.5.